The maximum atomic E-state index is 13.3. The van der Waals surface area contributed by atoms with Gasteiger partial charge in [0.2, 0.25) is 5.92 Å². The highest BCUT2D eigenvalue weighted by atomic mass is 35.5. The van der Waals surface area contributed by atoms with E-state index in [1.807, 2.05) is 0 Å². The van der Waals surface area contributed by atoms with Crippen LogP contribution in [-0.2, 0) is 35.0 Å². The Bertz CT molecular complexity index is 887. The summed E-state index contributed by atoms with van der Waals surface area (Å²) < 4.78 is 15.5. The molecule has 1 fully saturated rings. The number of amides is 1. The molecule has 1 aromatic carbocycles. The van der Waals surface area contributed by atoms with Gasteiger partial charge in [0, 0.05) is 27.3 Å². The van der Waals surface area contributed by atoms with Crippen molar-refractivity contribution in [1.82, 2.24) is 4.90 Å². The Balaban J connectivity index is 2.39. The molecule has 0 spiro atoms. The van der Waals surface area contributed by atoms with Gasteiger partial charge in [-0.1, -0.05) is 29.3 Å². The summed E-state index contributed by atoms with van der Waals surface area (Å²) in [4.78, 5) is 51.8. The van der Waals surface area contributed by atoms with Crippen LogP contribution in [0.1, 0.15) is 40.2 Å². The van der Waals surface area contributed by atoms with Crippen LogP contribution in [0.5, 0.6) is 0 Å². The van der Waals surface area contributed by atoms with E-state index in [4.69, 9.17) is 37.4 Å². The van der Waals surface area contributed by atoms with Crippen LogP contribution >= 0.6 is 23.2 Å². The molecule has 1 heterocycles. The molecule has 0 bridgehead atoms. The van der Waals surface area contributed by atoms with Crippen molar-refractivity contribution in [3.05, 3.63) is 33.8 Å². The van der Waals surface area contributed by atoms with Crippen molar-refractivity contribution >= 4 is 47.0 Å². The van der Waals surface area contributed by atoms with E-state index in [9.17, 15) is 19.2 Å². The van der Waals surface area contributed by atoms with Crippen LogP contribution < -0.4 is 0 Å². The van der Waals surface area contributed by atoms with Gasteiger partial charge in [-0.3, -0.25) is 14.4 Å². The van der Waals surface area contributed by atoms with Gasteiger partial charge in [-0.05, 0) is 38.5 Å². The second-order valence-corrected chi connectivity index (χ2v) is 9.45. The minimum Gasteiger partial charge on any atom is -0.444 e. The van der Waals surface area contributed by atoms with Crippen molar-refractivity contribution < 1.29 is 33.4 Å². The van der Waals surface area contributed by atoms with Crippen LogP contribution in [0.3, 0.4) is 0 Å². The molecular formula is C21H25Cl2NO7. The highest BCUT2D eigenvalue weighted by Gasteiger charge is 2.50. The number of benzene rings is 1. The Kier molecular flexibility index (Phi) is 7.28. The molecule has 170 valence electrons. The Labute approximate surface area is 190 Å². The number of halogens is 2. The predicted octanol–water partition coefficient (Wildman–Crippen LogP) is 3.79. The van der Waals surface area contributed by atoms with Gasteiger partial charge in [-0.2, -0.15) is 0 Å². The molecule has 10 heteroatoms. The van der Waals surface area contributed by atoms with E-state index in [0.29, 0.717) is 10.6 Å². The zero-order valence-electron chi connectivity index (χ0n) is 18.2. The number of hydrogen-bond donors (Lipinski definition) is 0. The quantitative estimate of drug-likeness (QED) is 0.473. The maximum Gasteiger partial charge on any atom is 0.410 e. The van der Waals surface area contributed by atoms with E-state index >= 15 is 0 Å². The highest BCUT2D eigenvalue weighted by molar-refractivity contribution is 6.42. The van der Waals surface area contributed by atoms with Crippen LogP contribution in [0.25, 0.3) is 0 Å². The molecule has 1 aliphatic heterocycles. The third-order valence-electron chi connectivity index (χ3n) is 4.34. The molecule has 8 nitrogen and oxygen atoms in total. The molecule has 1 atom stereocenters. The van der Waals surface area contributed by atoms with Crippen molar-refractivity contribution in [3.8, 4) is 0 Å². The predicted molar refractivity (Wildman–Crippen MR) is 113 cm³/mol. The Hall–Kier alpha value is -2.32. The van der Waals surface area contributed by atoms with E-state index in [1.54, 1.807) is 32.9 Å². The number of ketones is 1. The van der Waals surface area contributed by atoms with Gasteiger partial charge in [0.05, 0.1) is 16.1 Å². The first kappa shape index (κ1) is 24.9. The second kappa shape index (κ2) is 9.04. The Morgan fingerprint density at radius 1 is 1.13 bits per heavy atom. The average Bonchev–Trinajstić information content (AvgIpc) is 2.58. The average molecular weight is 474 g/mol. The molecule has 2 rings (SSSR count). The van der Waals surface area contributed by atoms with Crippen LogP contribution in [-0.4, -0.2) is 53.2 Å². The van der Waals surface area contributed by atoms with E-state index < -0.39 is 47.2 Å². The number of esters is 2. The molecule has 0 aromatic heterocycles. The summed E-state index contributed by atoms with van der Waals surface area (Å²) in [5.74, 6) is -6.25. The zero-order chi connectivity index (χ0) is 23.7. The summed E-state index contributed by atoms with van der Waals surface area (Å²) in [7, 11) is 1.34. The second-order valence-electron chi connectivity index (χ2n) is 8.64. The van der Waals surface area contributed by atoms with E-state index in [1.165, 1.54) is 27.0 Å². The summed E-state index contributed by atoms with van der Waals surface area (Å²) in [5.41, 5.74) is -0.268. The largest absolute Gasteiger partial charge is 0.444 e. The number of cyclic esters (lactones) is 2. The summed E-state index contributed by atoms with van der Waals surface area (Å²) in [6, 6.07) is 3.46. The molecule has 0 N–H and O–H groups in total. The normalized spacial score (nSPS) is 17.4. The first-order valence-corrected chi connectivity index (χ1v) is 10.3. The monoisotopic (exact) mass is 473 g/mol. The van der Waals surface area contributed by atoms with E-state index in [-0.39, 0.29) is 11.4 Å². The fraction of sp³-hybridized carbons (Fsp3) is 0.524. The smallest absolute Gasteiger partial charge is 0.410 e. The molecule has 0 radical (unpaired) electrons. The number of Topliss-reactive ketones (excluding diaryl/α,β-unsaturated/α-hetero) is 1. The Morgan fingerprint density at radius 3 is 2.16 bits per heavy atom. The first-order valence-electron chi connectivity index (χ1n) is 9.50. The number of carbonyl (C=O) groups excluding carboxylic acids is 4. The number of ether oxygens (including phenoxy) is 3. The van der Waals surface area contributed by atoms with Crippen molar-refractivity contribution in [1.29, 1.82) is 0 Å². The summed E-state index contributed by atoms with van der Waals surface area (Å²) in [5, 5.41) is 0.568. The van der Waals surface area contributed by atoms with Crippen LogP contribution in [0.2, 0.25) is 10.0 Å². The molecular weight excluding hydrogens is 449 g/mol. The lowest BCUT2D eigenvalue weighted by atomic mass is 9.92. The van der Waals surface area contributed by atoms with Gasteiger partial charge in [0.15, 0.2) is 5.78 Å². The molecule has 1 aliphatic rings. The van der Waals surface area contributed by atoms with Gasteiger partial charge in [-0.25, -0.2) is 4.79 Å². The highest BCUT2D eigenvalue weighted by Crippen LogP contribution is 2.28. The Morgan fingerprint density at radius 2 is 1.68 bits per heavy atom. The summed E-state index contributed by atoms with van der Waals surface area (Å²) >= 11 is 12.0. The number of nitrogens with zero attached hydrogens (tertiary/aromatic N) is 1. The number of likely N-dealkylation sites (N-methyl/N-ethyl adjacent to an activating group) is 1. The van der Waals surface area contributed by atoms with Crippen molar-refractivity contribution in [2.75, 3.05) is 7.05 Å². The van der Waals surface area contributed by atoms with Gasteiger partial charge in [0.1, 0.15) is 5.60 Å². The maximum absolute atomic E-state index is 13.3. The van der Waals surface area contributed by atoms with Gasteiger partial charge in [-0.15, -0.1) is 0 Å². The first-order chi connectivity index (χ1) is 14.1. The minimum absolute atomic E-state index is 0.0497. The summed E-state index contributed by atoms with van der Waals surface area (Å²) in [6.07, 6.45) is -0.852. The topological polar surface area (TPSA) is 99.2 Å². The fourth-order valence-electron chi connectivity index (χ4n) is 2.92. The standard InChI is InChI=1S/C21H25Cl2NO7/c1-20(2,3)31-19(28)24(6)14(10-11-7-8-12(22)13(23)9-11)16(25)15-17(26)29-21(4,5)30-18(15)27/h7-9,14-15H,10H2,1-6H3. The van der Waals surface area contributed by atoms with Gasteiger partial charge in [0.25, 0.3) is 5.79 Å². The molecule has 1 saturated heterocycles. The van der Waals surface area contributed by atoms with Crippen molar-refractivity contribution in [3.63, 3.8) is 0 Å². The SMILES string of the molecule is CN(C(=O)OC(C)(C)C)C(Cc1ccc(Cl)c(Cl)c1)C(=O)C1C(=O)OC(C)(C)OC1=O. The van der Waals surface area contributed by atoms with E-state index in [0.717, 1.165) is 4.90 Å². The molecule has 0 saturated carbocycles. The van der Waals surface area contributed by atoms with Gasteiger partial charge >= 0.3 is 18.0 Å². The van der Waals surface area contributed by atoms with Crippen molar-refractivity contribution in [2.24, 2.45) is 5.92 Å². The third-order valence-corrected chi connectivity index (χ3v) is 5.08. The minimum atomic E-state index is -1.83. The lowest BCUT2D eigenvalue weighted by Crippen LogP contribution is -2.55. The number of carbonyl (C=O) groups is 4. The van der Waals surface area contributed by atoms with Crippen LogP contribution in [0, 0.1) is 5.92 Å². The van der Waals surface area contributed by atoms with Crippen LogP contribution in [0.15, 0.2) is 18.2 Å². The lowest BCUT2D eigenvalue weighted by molar-refractivity contribution is -0.238. The molecule has 31 heavy (non-hydrogen) atoms. The summed E-state index contributed by atoms with van der Waals surface area (Å²) in [6.45, 7) is 7.78. The number of rotatable bonds is 5. The fourth-order valence-corrected chi connectivity index (χ4v) is 3.24. The van der Waals surface area contributed by atoms with Gasteiger partial charge < -0.3 is 19.1 Å². The molecule has 1 unspecified atom stereocenters. The van der Waals surface area contributed by atoms with E-state index in [2.05, 4.69) is 0 Å². The molecule has 1 aromatic rings. The lowest BCUT2D eigenvalue weighted by Gasteiger charge is -2.35. The molecule has 0 aliphatic carbocycles. The zero-order valence-corrected chi connectivity index (χ0v) is 19.7. The van der Waals surface area contributed by atoms with Crippen molar-refractivity contribution in [2.45, 2.75) is 58.5 Å². The number of hydrogen-bond acceptors (Lipinski definition) is 7. The van der Waals surface area contributed by atoms with Crippen LogP contribution in [0.4, 0.5) is 4.79 Å². The third kappa shape index (κ3) is 6.33. The molecule has 1 amide bonds.